The largest absolute Gasteiger partial charge is 1.00 e. The number of phenolic OH excluding ortho intramolecular Hbond substituents is 2. The number of fused-ring (bicyclic) bond motifs is 1. The van der Waals surface area contributed by atoms with Gasteiger partial charge in [-0.1, -0.05) is 29.8 Å². The summed E-state index contributed by atoms with van der Waals surface area (Å²) in [5, 5.41) is 19.9. The second kappa shape index (κ2) is 5.39. The molecule has 0 aliphatic heterocycles. The predicted molar refractivity (Wildman–Crippen MR) is 74.1 cm³/mol. The molecule has 3 nitrogen and oxygen atoms in total. The topological polar surface area (TPSA) is 51.8 Å². The zero-order chi connectivity index (χ0) is 13.4. The Bertz CT molecular complexity index is 769. The van der Waals surface area contributed by atoms with Crippen LogP contribution in [0.15, 0.2) is 53.1 Å². The predicted octanol–water partition coefficient (Wildman–Crippen LogP) is 1.10. The van der Waals surface area contributed by atoms with E-state index in [1.165, 1.54) is 12.1 Å². The molecule has 0 aliphatic carbocycles. The molecule has 1 heterocycles. The lowest BCUT2D eigenvalue weighted by atomic mass is 10.0. The molecule has 20 heavy (non-hydrogen) atoms. The number of aryl methyl sites for hydroxylation is 1. The Morgan fingerprint density at radius 3 is 2.50 bits per heavy atom. The Balaban J connectivity index is 0.00000147. The Morgan fingerprint density at radius 1 is 0.950 bits per heavy atom. The number of hydrogen-bond donors (Lipinski definition) is 2. The third kappa shape index (κ3) is 2.53. The lowest BCUT2D eigenvalue weighted by Crippen LogP contribution is -3.00. The van der Waals surface area contributed by atoms with Crippen molar-refractivity contribution in [2.24, 2.45) is 0 Å². The van der Waals surface area contributed by atoms with Crippen LogP contribution in [0.4, 0.5) is 0 Å². The number of aromatic hydroxyl groups is 2. The summed E-state index contributed by atoms with van der Waals surface area (Å²) in [4.78, 5) is 0. The molecular weight excluding hydrogens is 276 g/mol. The van der Waals surface area contributed by atoms with Gasteiger partial charge in [-0.05, 0) is 18.6 Å². The summed E-state index contributed by atoms with van der Waals surface area (Å²) in [6, 6.07) is 12.7. The van der Waals surface area contributed by atoms with Crippen molar-refractivity contribution in [2.45, 2.75) is 6.92 Å². The lowest BCUT2D eigenvalue weighted by molar-refractivity contribution is -0.00000640. The van der Waals surface area contributed by atoms with E-state index < -0.39 is 0 Å². The molecule has 0 fully saturated rings. The van der Waals surface area contributed by atoms with Gasteiger partial charge in [-0.2, -0.15) is 0 Å². The molecule has 0 radical (unpaired) electrons. The first-order chi connectivity index (χ1) is 9.13. The van der Waals surface area contributed by atoms with E-state index in [0.717, 1.165) is 16.7 Å². The summed E-state index contributed by atoms with van der Waals surface area (Å²) in [5.74, 6) is -0.00897. The molecule has 3 aromatic rings. The highest BCUT2D eigenvalue weighted by Gasteiger charge is 2.15. The summed E-state index contributed by atoms with van der Waals surface area (Å²) in [7, 11) is 0. The van der Waals surface area contributed by atoms with Crippen molar-refractivity contribution in [1.29, 1.82) is 0 Å². The van der Waals surface area contributed by atoms with Gasteiger partial charge in [0, 0.05) is 6.07 Å². The zero-order valence-corrected chi connectivity index (χ0v) is 11.6. The van der Waals surface area contributed by atoms with Crippen LogP contribution in [0.25, 0.3) is 22.1 Å². The highest BCUT2D eigenvalue weighted by Crippen LogP contribution is 2.33. The van der Waals surface area contributed by atoms with Crippen molar-refractivity contribution in [2.75, 3.05) is 0 Å². The van der Waals surface area contributed by atoms with Crippen molar-refractivity contribution in [3.05, 3.63) is 54.3 Å². The molecule has 4 heteroatoms. The number of phenols is 2. The van der Waals surface area contributed by atoms with E-state index in [2.05, 4.69) is 0 Å². The highest BCUT2D eigenvalue weighted by atomic mass is 35.5. The van der Waals surface area contributed by atoms with Gasteiger partial charge in [0.2, 0.25) is 0 Å². The molecule has 0 saturated carbocycles. The minimum atomic E-state index is -0.0166. The summed E-state index contributed by atoms with van der Waals surface area (Å²) in [6.45, 7) is 2.02. The van der Waals surface area contributed by atoms with Crippen LogP contribution >= 0.6 is 0 Å². The third-order valence-corrected chi connectivity index (χ3v) is 3.07. The Hall–Kier alpha value is -2.26. The van der Waals surface area contributed by atoms with E-state index in [1.807, 2.05) is 37.3 Å². The second-order valence-electron chi connectivity index (χ2n) is 4.58. The van der Waals surface area contributed by atoms with Gasteiger partial charge in [0.1, 0.15) is 16.9 Å². The van der Waals surface area contributed by atoms with Crippen molar-refractivity contribution in [3.8, 4) is 22.6 Å². The molecule has 102 valence electrons. The molecule has 0 aliphatic rings. The molecule has 0 bridgehead atoms. The smallest absolute Gasteiger partial charge is 0.367 e. The number of rotatable bonds is 1. The van der Waals surface area contributed by atoms with Crippen LogP contribution in [0, 0.1) is 6.92 Å². The molecule has 2 aromatic carbocycles. The summed E-state index contributed by atoms with van der Waals surface area (Å²) < 4.78 is 5.48. The Labute approximate surface area is 122 Å². The van der Waals surface area contributed by atoms with Crippen molar-refractivity contribution in [1.82, 2.24) is 0 Å². The molecule has 0 spiro atoms. The fourth-order valence-electron chi connectivity index (χ4n) is 2.13. The van der Waals surface area contributed by atoms with Crippen LogP contribution in [0.5, 0.6) is 11.5 Å². The summed E-state index contributed by atoms with van der Waals surface area (Å²) in [5.41, 5.74) is 3.52. The van der Waals surface area contributed by atoms with Crippen LogP contribution in [0.3, 0.4) is 0 Å². The average molecular weight is 289 g/mol. The minimum Gasteiger partial charge on any atom is -1.00 e. The quantitative estimate of drug-likeness (QED) is 0.660. The molecule has 2 N–H and O–H groups in total. The maximum Gasteiger partial charge on any atom is 0.367 e. The first-order valence-electron chi connectivity index (χ1n) is 5.98. The average Bonchev–Trinajstić information content (AvgIpc) is 2.38. The van der Waals surface area contributed by atoms with E-state index in [-0.39, 0.29) is 23.9 Å². The zero-order valence-electron chi connectivity index (χ0n) is 10.8. The molecule has 0 amide bonds. The normalized spacial score (nSPS) is 10.2. The van der Waals surface area contributed by atoms with Gasteiger partial charge in [-0.3, -0.25) is 0 Å². The van der Waals surface area contributed by atoms with Gasteiger partial charge in [0.25, 0.3) is 0 Å². The van der Waals surface area contributed by atoms with Crippen LogP contribution < -0.4 is 12.4 Å². The maximum absolute atomic E-state index is 9.86. The van der Waals surface area contributed by atoms with E-state index in [9.17, 15) is 10.2 Å². The first kappa shape index (κ1) is 14.2. The molecule has 0 saturated heterocycles. The number of benzene rings is 2. The Kier molecular flexibility index (Phi) is 3.81. The monoisotopic (exact) mass is 288 g/mol. The Morgan fingerprint density at radius 2 is 1.75 bits per heavy atom. The summed E-state index contributed by atoms with van der Waals surface area (Å²) in [6.07, 6.45) is 1.62. The van der Waals surface area contributed by atoms with Gasteiger partial charge in [0.15, 0.2) is 0 Å². The van der Waals surface area contributed by atoms with Crippen molar-refractivity contribution < 1.29 is 27.0 Å². The SMILES string of the molecule is Cc1cccc(-c2c[o+]c3cc(O)cc(O)c3c2)c1.[Cl-]. The van der Waals surface area contributed by atoms with Gasteiger partial charge < -0.3 is 22.6 Å². The van der Waals surface area contributed by atoms with Gasteiger partial charge in [-0.15, -0.1) is 0 Å². The number of halogens is 1. The highest BCUT2D eigenvalue weighted by molar-refractivity contribution is 5.88. The van der Waals surface area contributed by atoms with Crippen LogP contribution in [-0.4, -0.2) is 10.2 Å². The minimum absolute atomic E-state index is 0. The van der Waals surface area contributed by atoms with Gasteiger partial charge in [0.05, 0.1) is 11.6 Å². The summed E-state index contributed by atoms with van der Waals surface area (Å²) >= 11 is 0. The molecular formula is C16H13ClO3. The van der Waals surface area contributed by atoms with E-state index >= 15 is 0 Å². The molecule has 0 atom stereocenters. The molecule has 0 unspecified atom stereocenters. The van der Waals surface area contributed by atoms with Crippen LogP contribution in [0.1, 0.15) is 5.56 Å². The second-order valence-corrected chi connectivity index (χ2v) is 4.58. The third-order valence-electron chi connectivity index (χ3n) is 3.07. The molecule has 3 rings (SSSR count). The van der Waals surface area contributed by atoms with Crippen molar-refractivity contribution >= 4 is 11.0 Å². The fourth-order valence-corrected chi connectivity index (χ4v) is 2.13. The fraction of sp³-hybridized carbons (Fsp3) is 0.0625. The van der Waals surface area contributed by atoms with Gasteiger partial charge in [-0.25, -0.2) is 4.42 Å². The first-order valence-corrected chi connectivity index (χ1v) is 5.98. The van der Waals surface area contributed by atoms with E-state index in [1.54, 1.807) is 6.26 Å². The van der Waals surface area contributed by atoms with Gasteiger partial charge >= 0.3 is 11.8 Å². The van der Waals surface area contributed by atoms with Crippen LogP contribution in [0.2, 0.25) is 0 Å². The van der Waals surface area contributed by atoms with Crippen LogP contribution in [-0.2, 0) is 0 Å². The lowest BCUT2D eigenvalue weighted by Gasteiger charge is -2.01. The van der Waals surface area contributed by atoms with E-state index in [4.69, 9.17) is 4.42 Å². The molecule has 1 aromatic heterocycles. The van der Waals surface area contributed by atoms with E-state index in [0.29, 0.717) is 11.0 Å². The van der Waals surface area contributed by atoms with Crippen molar-refractivity contribution in [3.63, 3.8) is 0 Å². The maximum atomic E-state index is 9.86. The standard InChI is InChI=1S/C16H12O3.ClH/c1-10-3-2-4-11(5-10)12-6-14-15(18)7-13(17)8-16(14)19-9-12;/h2-9H,1H3,(H-,17,18);1H. The number of hydrogen-bond acceptors (Lipinski definition) is 2.